The maximum atomic E-state index is 4.52. The Balaban J connectivity index is -0.000000411. The Hall–Kier alpha value is 0.383. The van der Waals surface area contributed by atoms with Crippen molar-refractivity contribution in [2.24, 2.45) is 0 Å². The number of hydrogen-bond donors (Lipinski definition) is 0. The molecule has 0 aromatic heterocycles. The molecule has 0 aliphatic carbocycles. The Labute approximate surface area is 183 Å². The molecule has 7 heteroatoms. The Morgan fingerprint density at radius 2 is 0.889 bits per heavy atom. The van der Waals surface area contributed by atoms with E-state index < -0.39 is 0 Å². The van der Waals surface area contributed by atoms with Crippen LogP contribution in [0.2, 0.25) is 0 Å². The summed E-state index contributed by atoms with van der Waals surface area (Å²) in [5, 5.41) is 17.9. The van der Waals surface area contributed by atoms with Gasteiger partial charge in [0.1, 0.15) is 0 Å². The summed E-state index contributed by atoms with van der Waals surface area (Å²) in [7, 11) is 8.23. The first-order valence-electron chi connectivity index (χ1n) is 9.69. The average molecular weight is 472 g/mol. The molecule has 0 spiro atoms. The van der Waals surface area contributed by atoms with E-state index in [1.54, 1.807) is 0 Å². The van der Waals surface area contributed by atoms with Crippen LogP contribution >= 0.6 is 0 Å². The minimum absolute atomic E-state index is 0. The average Bonchev–Trinajstić information content (AvgIpc) is 2.33. The van der Waals surface area contributed by atoms with Gasteiger partial charge in [0.2, 0.25) is 0 Å². The molecule has 0 saturated heterocycles. The summed E-state index contributed by atoms with van der Waals surface area (Å²) < 4.78 is 0. The summed E-state index contributed by atoms with van der Waals surface area (Å²) in [6.45, 7) is 20.4. The van der Waals surface area contributed by atoms with Crippen LogP contribution in [-0.4, -0.2) is 87.6 Å². The standard InChI is InChI=1S/2C10H23N3.Ru/c2*1-9(12-10(2,3)4)11-7-8-13(5)6;/h2*9H,7-8H2,1-6H3;/q2*-2;+4. The van der Waals surface area contributed by atoms with Gasteiger partial charge in [-0.15, -0.1) is 38.0 Å². The van der Waals surface area contributed by atoms with E-state index in [1.807, 2.05) is 13.8 Å². The zero-order chi connectivity index (χ0) is 21.0. The molecule has 0 radical (unpaired) electrons. The fourth-order valence-corrected chi connectivity index (χ4v) is 2.09. The Bertz CT molecular complexity index is 291. The quantitative estimate of drug-likeness (QED) is 0.426. The summed E-state index contributed by atoms with van der Waals surface area (Å²) in [5.41, 5.74) is 0.0576. The topological polar surface area (TPSA) is 62.9 Å². The van der Waals surface area contributed by atoms with Crippen LogP contribution in [0.25, 0.3) is 21.3 Å². The molecular formula is C20H46N6Ru. The Morgan fingerprint density at radius 3 is 1.07 bits per heavy atom. The molecule has 0 aromatic carbocycles. The second-order valence-corrected chi connectivity index (χ2v) is 9.28. The van der Waals surface area contributed by atoms with Gasteiger partial charge in [0.05, 0.1) is 0 Å². The van der Waals surface area contributed by atoms with Crippen molar-refractivity contribution >= 4 is 0 Å². The van der Waals surface area contributed by atoms with Crippen molar-refractivity contribution in [1.82, 2.24) is 9.80 Å². The van der Waals surface area contributed by atoms with Gasteiger partial charge in [0.25, 0.3) is 0 Å². The predicted octanol–water partition coefficient (Wildman–Crippen LogP) is 4.88. The predicted molar refractivity (Wildman–Crippen MR) is 119 cm³/mol. The molecule has 6 nitrogen and oxygen atoms in total. The molecule has 0 aliphatic heterocycles. The van der Waals surface area contributed by atoms with Crippen LogP contribution in [0.3, 0.4) is 0 Å². The van der Waals surface area contributed by atoms with Crippen molar-refractivity contribution in [3.63, 3.8) is 0 Å². The SMILES string of the molecule is CC([N-]CCN(C)C)[N-]C(C)(C)C.CC([N-]CCN(C)C)[N-]C(C)(C)C.[Ru+4]. The van der Waals surface area contributed by atoms with Gasteiger partial charge < -0.3 is 31.1 Å². The summed E-state index contributed by atoms with van der Waals surface area (Å²) in [4.78, 5) is 4.26. The van der Waals surface area contributed by atoms with E-state index >= 15 is 0 Å². The van der Waals surface area contributed by atoms with Gasteiger partial charge in [-0.1, -0.05) is 41.5 Å². The number of hydrogen-bond acceptors (Lipinski definition) is 2. The molecule has 2 atom stereocenters. The third-order valence-corrected chi connectivity index (χ3v) is 3.03. The van der Waals surface area contributed by atoms with Gasteiger partial charge in [-0.25, -0.2) is 12.3 Å². The van der Waals surface area contributed by atoms with Crippen LogP contribution in [0.4, 0.5) is 0 Å². The van der Waals surface area contributed by atoms with Crippen LogP contribution < -0.4 is 0 Å². The van der Waals surface area contributed by atoms with E-state index in [9.17, 15) is 0 Å². The zero-order valence-electron chi connectivity index (χ0n) is 20.0. The van der Waals surface area contributed by atoms with Crippen LogP contribution in [0.1, 0.15) is 55.4 Å². The smallest absolute Gasteiger partial charge is 0.677 e. The monoisotopic (exact) mass is 472 g/mol. The number of nitrogens with zero attached hydrogens (tertiary/aromatic N) is 6. The van der Waals surface area contributed by atoms with E-state index in [0.717, 1.165) is 26.2 Å². The first kappa shape index (κ1) is 32.1. The fourth-order valence-electron chi connectivity index (χ4n) is 2.09. The van der Waals surface area contributed by atoms with Crippen molar-refractivity contribution < 1.29 is 19.5 Å². The van der Waals surface area contributed by atoms with E-state index in [-0.39, 0.29) is 42.9 Å². The molecule has 0 N–H and O–H groups in total. The van der Waals surface area contributed by atoms with Crippen molar-refractivity contribution in [3.05, 3.63) is 21.3 Å². The molecule has 27 heavy (non-hydrogen) atoms. The van der Waals surface area contributed by atoms with Crippen molar-refractivity contribution in [3.8, 4) is 0 Å². The maximum absolute atomic E-state index is 4.52. The molecule has 0 aliphatic rings. The van der Waals surface area contributed by atoms with E-state index in [0.29, 0.717) is 0 Å². The van der Waals surface area contributed by atoms with Gasteiger partial charge in [-0.3, -0.25) is 0 Å². The first-order chi connectivity index (χ1) is 11.6. The van der Waals surface area contributed by atoms with Gasteiger partial charge in [0, 0.05) is 0 Å². The summed E-state index contributed by atoms with van der Waals surface area (Å²) in [5.74, 6) is 0. The molecule has 0 amide bonds. The molecule has 164 valence electrons. The zero-order valence-corrected chi connectivity index (χ0v) is 21.8. The normalized spacial score (nSPS) is 14.4. The molecule has 0 bridgehead atoms. The second kappa shape index (κ2) is 16.2. The van der Waals surface area contributed by atoms with Crippen LogP contribution in [-0.2, 0) is 19.5 Å². The summed E-state index contributed by atoms with van der Waals surface area (Å²) in [6, 6.07) is 0. The minimum Gasteiger partial charge on any atom is -0.677 e. The second-order valence-electron chi connectivity index (χ2n) is 9.28. The maximum Gasteiger partial charge on any atom is 4.00 e. The number of likely N-dealkylation sites (N-methyl/N-ethyl adjacent to an activating group) is 2. The number of rotatable bonds is 10. The van der Waals surface area contributed by atoms with Gasteiger partial charge >= 0.3 is 19.5 Å². The molecule has 2 unspecified atom stereocenters. The molecular weight excluding hydrogens is 425 g/mol. The van der Waals surface area contributed by atoms with E-state index in [1.165, 1.54) is 0 Å². The first-order valence-corrected chi connectivity index (χ1v) is 9.69. The van der Waals surface area contributed by atoms with Gasteiger partial charge in [0.15, 0.2) is 0 Å². The van der Waals surface area contributed by atoms with Crippen LogP contribution in [0.15, 0.2) is 0 Å². The van der Waals surface area contributed by atoms with Crippen molar-refractivity contribution in [2.75, 3.05) is 54.4 Å². The van der Waals surface area contributed by atoms with Gasteiger partial charge in [-0.2, -0.15) is 0 Å². The third-order valence-electron chi connectivity index (χ3n) is 3.03. The molecule has 0 heterocycles. The summed E-state index contributed by atoms with van der Waals surface area (Å²) >= 11 is 0. The van der Waals surface area contributed by atoms with Crippen molar-refractivity contribution in [2.45, 2.75) is 78.8 Å². The molecule has 0 rings (SSSR count). The van der Waals surface area contributed by atoms with Gasteiger partial charge in [-0.05, 0) is 41.3 Å². The fraction of sp³-hybridized carbons (Fsp3) is 1.00. The minimum atomic E-state index is 0. The van der Waals surface area contributed by atoms with Crippen molar-refractivity contribution in [1.29, 1.82) is 0 Å². The molecule has 0 saturated carbocycles. The molecule has 0 fully saturated rings. The third kappa shape index (κ3) is 31.3. The largest absolute Gasteiger partial charge is 4.00 e. The van der Waals surface area contributed by atoms with E-state index in [4.69, 9.17) is 0 Å². The van der Waals surface area contributed by atoms with E-state index in [2.05, 4.69) is 101 Å². The van der Waals surface area contributed by atoms with Crippen LogP contribution in [0, 0.1) is 0 Å². The summed E-state index contributed by atoms with van der Waals surface area (Å²) in [6.07, 6.45) is 0.250. The Kier molecular flexibility index (Phi) is 19.2. The Morgan fingerprint density at radius 1 is 0.630 bits per heavy atom. The van der Waals surface area contributed by atoms with Crippen LogP contribution in [0.5, 0.6) is 0 Å². The molecule has 0 aromatic rings.